The van der Waals surface area contributed by atoms with Crippen molar-refractivity contribution in [3.63, 3.8) is 0 Å². The van der Waals surface area contributed by atoms with Crippen LogP contribution in [0.1, 0.15) is 245 Å². The Bertz CT molecular complexity index is 1540. The summed E-state index contributed by atoms with van der Waals surface area (Å²) < 4.78 is 22.8. The molecule has 9 N–H and O–H groups in total. The summed E-state index contributed by atoms with van der Waals surface area (Å²) in [6.07, 6.45) is 46.5. The average Bonchev–Trinajstić information content (AvgIpc) is 3.48. The second kappa shape index (κ2) is 49.3. The fraction of sp³-hybridized carbons (Fsp3) is 0.828. The van der Waals surface area contributed by atoms with E-state index >= 15 is 0 Å². The molecule has 2 saturated heterocycles. The normalized spacial score (nSPS) is 24.9. The molecule has 0 saturated carbocycles. The van der Waals surface area contributed by atoms with Crippen molar-refractivity contribution in [2.24, 2.45) is 0 Å². The highest BCUT2D eigenvalue weighted by Crippen LogP contribution is 2.30. The monoisotopic (exact) mass is 1110 g/mol. The van der Waals surface area contributed by atoms with Crippen molar-refractivity contribution in [2.75, 3.05) is 19.8 Å². The van der Waals surface area contributed by atoms with Crippen molar-refractivity contribution in [1.29, 1.82) is 0 Å². The number of hydrogen-bond donors (Lipinski definition) is 9. The molecular weight excluding hydrogens is 991 g/mol. The smallest absolute Gasteiger partial charge is 0.220 e. The molecule has 2 aliphatic rings. The number of aliphatic hydroxyl groups is 8. The summed E-state index contributed by atoms with van der Waals surface area (Å²) in [5.74, 6) is -0.237. The van der Waals surface area contributed by atoms with Gasteiger partial charge in [-0.1, -0.05) is 242 Å². The summed E-state index contributed by atoms with van der Waals surface area (Å²) >= 11 is 0. The molecule has 1 amide bonds. The Balaban J connectivity index is 1.74. The number of amides is 1. The number of hydrogen-bond acceptors (Lipinski definition) is 13. The molecule has 2 heterocycles. The average molecular weight is 1110 g/mol. The van der Waals surface area contributed by atoms with E-state index in [-0.39, 0.29) is 18.9 Å². The Morgan fingerprint density at radius 2 is 0.885 bits per heavy atom. The fourth-order valence-corrected chi connectivity index (χ4v) is 10.2. The van der Waals surface area contributed by atoms with Gasteiger partial charge in [-0.2, -0.15) is 0 Å². The molecule has 2 aliphatic heterocycles. The SMILES string of the molecule is CC/C=C\C/C=C\C/C=C\C/C=C\C/C=C\CCCCCC(=O)NC(COC1OC(CO)C(OC2OC(CO)C(O)C(O)C2O)C(O)C1O)C(O)CCCCCCCCCCCCCCCCCCCCCCCCCCC. The van der Waals surface area contributed by atoms with Crippen molar-refractivity contribution in [3.8, 4) is 0 Å². The molecule has 12 unspecified atom stereocenters. The number of carbonyl (C=O) groups excluding carboxylic acids is 1. The molecule has 0 aromatic rings. The Hall–Kier alpha value is -2.31. The number of aliphatic hydroxyl groups excluding tert-OH is 8. The molecule has 2 rings (SSSR count). The summed E-state index contributed by atoms with van der Waals surface area (Å²) in [4.78, 5) is 13.3. The van der Waals surface area contributed by atoms with Crippen molar-refractivity contribution < 1.29 is 64.6 Å². The lowest BCUT2D eigenvalue weighted by Crippen LogP contribution is -2.65. The Labute approximate surface area is 473 Å². The van der Waals surface area contributed by atoms with E-state index in [0.29, 0.717) is 12.8 Å². The van der Waals surface area contributed by atoms with Gasteiger partial charge in [0.1, 0.15) is 48.8 Å². The highest BCUT2D eigenvalue weighted by Gasteiger charge is 2.51. The maximum absolute atomic E-state index is 13.3. The zero-order chi connectivity index (χ0) is 56.7. The lowest BCUT2D eigenvalue weighted by Gasteiger charge is -2.46. The van der Waals surface area contributed by atoms with Gasteiger partial charge in [-0.25, -0.2) is 0 Å². The van der Waals surface area contributed by atoms with Gasteiger partial charge >= 0.3 is 0 Å². The molecule has 12 atom stereocenters. The van der Waals surface area contributed by atoms with E-state index in [1.165, 1.54) is 135 Å². The quantitative estimate of drug-likeness (QED) is 0.0204. The van der Waals surface area contributed by atoms with Crippen LogP contribution in [0.3, 0.4) is 0 Å². The van der Waals surface area contributed by atoms with Gasteiger partial charge in [0.2, 0.25) is 5.91 Å². The number of unbranched alkanes of at least 4 members (excludes halogenated alkanes) is 27. The van der Waals surface area contributed by atoms with Crippen LogP contribution in [-0.4, -0.2) is 140 Å². The van der Waals surface area contributed by atoms with E-state index in [4.69, 9.17) is 18.9 Å². The minimum Gasteiger partial charge on any atom is -0.394 e. The van der Waals surface area contributed by atoms with Gasteiger partial charge in [-0.15, -0.1) is 0 Å². The summed E-state index contributed by atoms with van der Waals surface area (Å²) in [5.41, 5.74) is 0. The molecular formula is C64H115NO13. The van der Waals surface area contributed by atoms with Gasteiger partial charge in [-0.3, -0.25) is 4.79 Å². The third kappa shape index (κ3) is 34.2. The Kier molecular flexibility index (Phi) is 45.4. The summed E-state index contributed by atoms with van der Waals surface area (Å²) in [5, 5.41) is 87.4. The minimum atomic E-state index is -1.79. The largest absolute Gasteiger partial charge is 0.394 e. The molecule has 14 heteroatoms. The first-order valence-electron chi connectivity index (χ1n) is 31.5. The third-order valence-electron chi connectivity index (χ3n) is 15.2. The zero-order valence-corrected chi connectivity index (χ0v) is 48.9. The third-order valence-corrected chi connectivity index (χ3v) is 15.2. The van der Waals surface area contributed by atoms with E-state index < -0.39 is 86.8 Å². The summed E-state index contributed by atoms with van der Waals surface area (Å²) in [6, 6.07) is -0.850. The molecule has 0 spiro atoms. The van der Waals surface area contributed by atoms with Crippen LogP contribution in [0, 0.1) is 0 Å². The van der Waals surface area contributed by atoms with Crippen molar-refractivity contribution >= 4 is 5.91 Å². The van der Waals surface area contributed by atoms with E-state index in [2.05, 4.69) is 79.9 Å². The Morgan fingerprint density at radius 3 is 1.35 bits per heavy atom. The van der Waals surface area contributed by atoms with Gasteiger partial charge in [0.25, 0.3) is 0 Å². The fourth-order valence-electron chi connectivity index (χ4n) is 10.2. The molecule has 14 nitrogen and oxygen atoms in total. The predicted octanol–water partition coefficient (Wildman–Crippen LogP) is 11.3. The van der Waals surface area contributed by atoms with Crippen molar-refractivity contribution in [3.05, 3.63) is 60.8 Å². The van der Waals surface area contributed by atoms with Crippen LogP contribution in [0.5, 0.6) is 0 Å². The van der Waals surface area contributed by atoms with Crippen molar-refractivity contribution in [2.45, 2.75) is 319 Å². The number of nitrogens with one attached hydrogen (secondary N) is 1. The van der Waals surface area contributed by atoms with Crippen molar-refractivity contribution in [1.82, 2.24) is 5.32 Å². The van der Waals surface area contributed by atoms with Crippen LogP contribution in [-0.2, 0) is 23.7 Å². The first kappa shape index (κ1) is 71.8. The standard InChI is InChI=1S/C64H115NO13/c1-3-5-7-9-11-13-15-17-19-21-23-24-25-26-27-28-30-31-33-35-37-39-41-43-45-47-53(68)52(65-56(69)48-46-44-42-40-38-36-34-32-29-22-20-18-16-14-12-10-8-6-4-2)51-75-63-61(74)59(72)62(55(50-67)77-63)78-64-60(73)58(71)57(70)54(49-66)76-64/h6,8,12,14,18,20,29,32,36,38,52-55,57-64,66-68,70-74H,3-5,7,9-11,13,15-17,19,21-28,30-31,33-35,37,39-51H2,1-2H3,(H,65,69)/b8-6-,14-12-,20-18-,32-29-,38-36-. The highest BCUT2D eigenvalue weighted by molar-refractivity contribution is 5.76. The van der Waals surface area contributed by atoms with Gasteiger partial charge in [-0.05, 0) is 57.8 Å². The number of ether oxygens (including phenoxy) is 4. The second-order valence-electron chi connectivity index (χ2n) is 22.2. The van der Waals surface area contributed by atoms with E-state index in [9.17, 15) is 45.6 Å². The first-order valence-corrected chi connectivity index (χ1v) is 31.5. The highest BCUT2D eigenvalue weighted by atomic mass is 16.7. The molecule has 2 fully saturated rings. The minimum absolute atomic E-state index is 0.237. The molecule has 0 aliphatic carbocycles. The summed E-state index contributed by atoms with van der Waals surface area (Å²) in [7, 11) is 0. The van der Waals surface area contributed by atoms with Crippen LogP contribution in [0.25, 0.3) is 0 Å². The number of carbonyl (C=O) groups is 1. The van der Waals surface area contributed by atoms with Crippen LogP contribution in [0.2, 0.25) is 0 Å². The van der Waals surface area contributed by atoms with Crippen LogP contribution in [0.4, 0.5) is 0 Å². The maximum Gasteiger partial charge on any atom is 0.220 e. The molecule has 454 valence electrons. The lowest BCUT2D eigenvalue weighted by atomic mass is 9.97. The predicted molar refractivity (Wildman–Crippen MR) is 314 cm³/mol. The maximum atomic E-state index is 13.3. The summed E-state index contributed by atoms with van der Waals surface area (Å²) in [6.45, 7) is 2.74. The first-order chi connectivity index (χ1) is 38.1. The number of rotatable bonds is 50. The second-order valence-corrected chi connectivity index (χ2v) is 22.2. The molecule has 0 aromatic carbocycles. The topological polar surface area (TPSA) is 228 Å². The van der Waals surface area contributed by atoms with Gasteiger partial charge in [0.05, 0.1) is 32.0 Å². The zero-order valence-electron chi connectivity index (χ0n) is 48.9. The Morgan fingerprint density at radius 1 is 0.474 bits per heavy atom. The van der Waals surface area contributed by atoms with Gasteiger partial charge in [0.15, 0.2) is 12.6 Å². The number of allylic oxidation sites excluding steroid dienone is 10. The van der Waals surface area contributed by atoms with E-state index in [0.717, 1.165) is 77.0 Å². The van der Waals surface area contributed by atoms with E-state index in [1.807, 2.05) is 0 Å². The lowest BCUT2D eigenvalue weighted by molar-refractivity contribution is -0.359. The van der Waals surface area contributed by atoms with Gasteiger partial charge in [0, 0.05) is 6.42 Å². The molecule has 0 bridgehead atoms. The van der Waals surface area contributed by atoms with Crippen LogP contribution in [0.15, 0.2) is 60.8 Å². The van der Waals surface area contributed by atoms with Crippen LogP contribution >= 0.6 is 0 Å². The molecule has 0 radical (unpaired) electrons. The molecule has 78 heavy (non-hydrogen) atoms. The molecule has 0 aromatic heterocycles. The van der Waals surface area contributed by atoms with Crippen LogP contribution < -0.4 is 5.32 Å². The van der Waals surface area contributed by atoms with E-state index in [1.54, 1.807) is 0 Å². The van der Waals surface area contributed by atoms with Gasteiger partial charge < -0.3 is 65.1 Å².